The first kappa shape index (κ1) is 15.5. The number of hydrogen-bond donors (Lipinski definition) is 4. The Morgan fingerprint density at radius 2 is 2.09 bits per heavy atom. The fraction of sp³-hybridized carbons (Fsp3) is 0.0833. The Balaban J connectivity index is 1.84. The van der Waals surface area contributed by atoms with Crippen molar-refractivity contribution in [1.29, 1.82) is 0 Å². The number of amides is 1. The van der Waals surface area contributed by atoms with Crippen LogP contribution in [0.15, 0.2) is 44.0 Å². The Morgan fingerprint density at radius 1 is 1.36 bits per heavy atom. The molecule has 0 saturated heterocycles. The van der Waals surface area contributed by atoms with Crippen LogP contribution in [-0.4, -0.2) is 38.2 Å². The molecule has 0 radical (unpaired) electrons. The van der Waals surface area contributed by atoms with Gasteiger partial charge in [0, 0.05) is 0 Å². The maximum atomic E-state index is 11.5. The molecule has 1 aromatic carbocycles. The van der Waals surface area contributed by atoms with Crippen molar-refractivity contribution in [3.8, 4) is 5.75 Å². The van der Waals surface area contributed by atoms with E-state index in [9.17, 15) is 14.4 Å². The van der Waals surface area contributed by atoms with Crippen LogP contribution in [0.25, 0.3) is 0 Å². The average Bonchev–Trinajstić information content (AvgIpc) is 2.48. The molecule has 2 rings (SSSR count). The van der Waals surface area contributed by atoms with Crippen molar-refractivity contribution in [3.05, 3.63) is 50.7 Å². The molecule has 2 aromatic rings. The van der Waals surface area contributed by atoms with Crippen molar-refractivity contribution in [3.63, 3.8) is 0 Å². The van der Waals surface area contributed by atoms with Gasteiger partial charge in [0.05, 0.1) is 12.0 Å². The summed E-state index contributed by atoms with van der Waals surface area (Å²) in [6, 6.07) is 6.24. The second kappa shape index (κ2) is 7.22. The van der Waals surface area contributed by atoms with Crippen LogP contribution in [0.3, 0.4) is 0 Å². The lowest BCUT2D eigenvalue weighted by molar-refractivity contribution is -0.118. The number of aromatic nitrogens is 3. The van der Waals surface area contributed by atoms with E-state index >= 15 is 0 Å². The Labute approximate surface area is 127 Å². The number of carbonyl (C=O) groups is 1. The number of thioether (sulfide) groups is 1. The molecule has 0 bridgehead atoms. The number of nitrogens with one attached hydrogen (secondary N) is 3. The number of benzene rings is 1. The number of rotatable bonds is 5. The van der Waals surface area contributed by atoms with E-state index in [1.54, 1.807) is 12.1 Å². The Kier molecular flexibility index (Phi) is 5.09. The fourth-order valence-electron chi connectivity index (χ4n) is 1.34. The first-order valence-electron chi connectivity index (χ1n) is 5.97. The molecule has 10 heteroatoms. The molecule has 1 amide bonds. The predicted octanol–water partition coefficient (Wildman–Crippen LogP) is -0.594. The van der Waals surface area contributed by atoms with Crippen LogP contribution in [0.4, 0.5) is 0 Å². The fourth-order valence-corrected chi connectivity index (χ4v) is 1.96. The Bertz CT molecular complexity index is 796. The van der Waals surface area contributed by atoms with Gasteiger partial charge in [0.25, 0.3) is 5.56 Å². The molecule has 0 saturated carbocycles. The average molecular weight is 321 g/mol. The molecule has 4 N–H and O–H groups in total. The Morgan fingerprint density at radius 3 is 2.77 bits per heavy atom. The molecule has 9 nitrogen and oxygen atoms in total. The van der Waals surface area contributed by atoms with Crippen molar-refractivity contribution >= 4 is 23.9 Å². The first-order chi connectivity index (χ1) is 10.5. The Hall–Kier alpha value is -2.88. The molecule has 0 fully saturated rings. The molecule has 1 heterocycles. The van der Waals surface area contributed by atoms with E-state index in [4.69, 9.17) is 5.11 Å². The summed E-state index contributed by atoms with van der Waals surface area (Å²) in [5.74, 6) is -0.390. The van der Waals surface area contributed by atoms with E-state index in [0.29, 0.717) is 5.56 Å². The number of nitrogens with zero attached hydrogens (tertiary/aromatic N) is 2. The van der Waals surface area contributed by atoms with Gasteiger partial charge in [-0.15, -0.1) is 0 Å². The van der Waals surface area contributed by atoms with Crippen LogP contribution in [0.1, 0.15) is 5.56 Å². The van der Waals surface area contributed by atoms with Crippen LogP contribution in [-0.2, 0) is 4.79 Å². The van der Waals surface area contributed by atoms with Gasteiger partial charge in [-0.05, 0) is 29.8 Å². The molecule has 22 heavy (non-hydrogen) atoms. The summed E-state index contributed by atoms with van der Waals surface area (Å²) in [5, 5.41) is 18.4. The van der Waals surface area contributed by atoms with Gasteiger partial charge < -0.3 is 5.11 Å². The minimum absolute atomic E-state index is 0.0164. The van der Waals surface area contributed by atoms with E-state index in [1.807, 2.05) is 4.98 Å². The zero-order valence-electron chi connectivity index (χ0n) is 11.1. The highest BCUT2D eigenvalue weighted by atomic mass is 32.2. The maximum Gasteiger partial charge on any atom is 0.342 e. The predicted molar refractivity (Wildman–Crippen MR) is 80.0 cm³/mol. The van der Waals surface area contributed by atoms with Crippen LogP contribution >= 0.6 is 11.8 Å². The standard InChI is InChI=1S/C12H11N5O4S/c18-8-3-1-7(2-4-8)5-13-15-9(19)6-22-11-10(20)14-12(21)17-16-11/h1-5,18H,6H2,(H,15,19)(H2,14,17,20,21)/b13-5-. The highest BCUT2D eigenvalue weighted by Crippen LogP contribution is 2.08. The van der Waals surface area contributed by atoms with Crippen molar-refractivity contribution in [2.24, 2.45) is 5.10 Å². The smallest absolute Gasteiger partial charge is 0.342 e. The molecule has 1 aromatic heterocycles. The number of hydrogen-bond acceptors (Lipinski definition) is 7. The van der Waals surface area contributed by atoms with Gasteiger partial charge >= 0.3 is 5.69 Å². The molecule has 0 unspecified atom stereocenters. The summed E-state index contributed by atoms with van der Waals surface area (Å²) in [6.45, 7) is 0. The summed E-state index contributed by atoms with van der Waals surface area (Å²) < 4.78 is 0. The third-order valence-electron chi connectivity index (χ3n) is 2.32. The van der Waals surface area contributed by atoms with Crippen LogP contribution < -0.4 is 16.7 Å². The molecule has 0 aliphatic heterocycles. The van der Waals surface area contributed by atoms with Gasteiger partial charge in [0.15, 0.2) is 5.03 Å². The number of H-pyrrole nitrogens is 2. The third kappa shape index (κ3) is 4.59. The summed E-state index contributed by atoms with van der Waals surface area (Å²) >= 11 is 0.868. The lowest BCUT2D eigenvalue weighted by atomic mass is 10.2. The van der Waals surface area contributed by atoms with Crippen molar-refractivity contribution in [2.45, 2.75) is 5.03 Å². The van der Waals surface area contributed by atoms with Crippen molar-refractivity contribution in [2.75, 3.05) is 5.75 Å². The van der Waals surface area contributed by atoms with E-state index in [-0.39, 0.29) is 16.5 Å². The van der Waals surface area contributed by atoms with Gasteiger partial charge in [0.2, 0.25) is 5.91 Å². The second-order valence-corrected chi connectivity index (χ2v) is 4.95. The second-order valence-electron chi connectivity index (χ2n) is 3.99. The lowest BCUT2D eigenvalue weighted by Crippen LogP contribution is -2.26. The monoisotopic (exact) mass is 321 g/mol. The maximum absolute atomic E-state index is 11.5. The van der Waals surface area contributed by atoms with Gasteiger partial charge in [-0.1, -0.05) is 11.8 Å². The van der Waals surface area contributed by atoms with Crippen LogP contribution in [0.2, 0.25) is 0 Å². The quantitative estimate of drug-likeness (QED) is 0.329. The third-order valence-corrected chi connectivity index (χ3v) is 3.27. The minimum Gasteiger partial charge on any atom is -0.508 e. The molecular weight excluding hydrogens is 310 g/mol. The minimum atomic E-state index is -0.711. The number of hydrazone groups is 1. The zero-order chi connectivity index (χ0) is 15.9. The van der Waals surface area contributed by atoms with Crippen LogP contribution in [0, 0.1) is 0 Å². The highest BCUT2D eigenvalue weighted by Gasteiger charge is 2.06. The van der Waals surface area contributed by atoms with E-state index in [1.165, 1.54) is 18.3 Å². The SMILES string of the molecule is O=C(CSc1n[nH]c(=O)[nH]c1=O)N/N=C\c1ccc(O)cc1. The summed E-state index contributed by atoms with van der Waals surface area (Å²) in [4.78, 5) is 35.7. The lowest BCUT2D eigenvalue weighted by Gasteiger charge is -1.99. The first-order valence-corrected chi connectivity index (χ1v) is 6.96. The van der Waals surface area contributed by atoms with E-state index in [2.05, 4.69) is 20.7 Å². The van der Waals surface area contributed by atoms with Gasteiger partial charge in [-0.3, -0.25) is 14.6 Å². The van der Waals surface area contributed by atoms with E-state index < -0.39 is 17.2 Å². The molecule has 0 spiro atoms. The molecule has 0 atom stereocenters. The molecular formula is C12H11N5O4S. The number of carbonyl (C=O) groups excluding carboxylic acids is 1. The number of aromatic hydroxyl groups is 1. The summed E-state index contributed by atoms with van der Waals surface area (Å²) in [7, 11) is 0. The highest BCUT2D eigenvalue weighted by molar-refractivity contribution is 7.99. The normalized spacial score (nSPS) is 10.7. The van der Waals surface area contributed by atoms with Crippen molar-refractivity contribution < 1.29 is 9.90 Å². The number of phenolic OH excluding ortho intramolecular Hbond substituents is 1. The topological polar surface area (TPSA) is 140 Å². The molecule has 0 aliphatic rings. The van der Waals surface area contributed by atoms with E-state index in [0.717, 1.165) is 11.8 Å². The summed E-state index contributed by atoms with van der Waals surface area (Å²) in [5.41, 5.74) is 1.61. The molecule has 0 aliphatic carbocycles. The number of aromatic amines is 2. The van der Waals surface area contributed by atoms with Gasteiger partial charge in [-0.2, -0.15) is 10.2 Å². The molecule has 114 valence electrons. The summed E-state index contributed by atoms with van der Waals surface area (Å²) in [6.07, 6.45) is 1.41. The zero-order valence-corrected chi connectivity index (χ0v) is 11.9. The largest absolute Gasteiger partial charge is 0.508 e. The van der Waals surface area contributed by atoms with Crippen molar-refractivity contribution in [1.82, 2.24) is 20.6 Å². The number of phenols is 1. The van der Waals surface area contributed by atoms with Gasteiger partial charge in [0.1, 0.15) is 5.75 Å². The van der Waals surface area contributed by atoms with Gasteiger partial charge in [-0.25, -0.2) is 15.3 Å². The van der Waals surface area contributed by atoms with Crippen LogP contribution in [0.5, 0.6) is 5.75 Å².